The van der Waals surface area contributed by atoms with E-state index < -0.39 is 5.82 Å². The molecule has 0 atom stereocenters. The van der Waals surface area contributed by atoms with Crippen LogP contribution in [-0.2, 0) is 6.54 Å². The molecule has 7 heteroatoms. The van der Waals surface area contributed by atoms with Gasteiger partial charge in [-0.2, -0.15) is 0 Å². The summed E-state index contributed by atoms with van der Waals surface area (Å²) in [4.78, 5) is 24.0. The van der Waals surface area contributed by atoms with Crippen LogP contribution in [0.4, 0.5) is 16.0 Å². The fourth-order valence-electron chi connectivity index (χ4n) is 3.97. The SMILES string of the molecule is O=c1cc(F)ccn1CC1CCN(c2nc3ccccc3nc2NC2CC2)CC1. The van der Waals surface area contributed by atoms with Gasteiger partial charge in [0.25, 0.3) is 5.56 Å². The van der Waals surface area contributed by atoms with Crippen LogP contribution in [0.3, 0.4) is 0 Å². The summed E-state index contributed by atoms with van der Waals surface area (Å²) in [5.41, 5.74) is 1.54. The van der Waals surface area contributed by atoms with Gasteiger partial charge in [0.2, 0.25) is 0 Å². The third-order valence-electron chi connectivity index (χ3n) is 5.80. The first-order valence-corrected chi connectivity index (χ1v) is 10.3. The Bertz CT molecular complexity index is 1090. The number of pyridine rings is 1. The number of hydrogen-bond donors (Lipinski definition) is 1. The predicted octanol–water partition coefficient (Wildman–Crippen LogP) is 3.42. The van der Waals surface area contributed by atoms with Crippen LogP contribution >= 0.6 is 0 Å². The van der Waals surface area contributed by atoms with Crippen LogP contribution in [0.5, 0.6) is 0 Å². The van der Waals surface area contributed by atoms with Gasteiger partial charge in [-0.1, -0.05) is 12.1 Å². The average Bonchev–Trinajstić information content (AvgIpc) is 3.54. The molecule has 2 aliphatic rings. The standard InChI is InChI=1S/C22H24FN5O/c23-16-9-12-28(20(29)13-16)14-15-7-10-27(11-8-15)22-21(24-17-5-6-17)25-18-3-1-2-4-19(18)26-22/h1-4,9,12-13,15,17H,5-8,10-11,14H2,(H,24,25). The second kappa shape index (κ2) is 7.46. The van der Waals surface area contributed by atoms with Gasteiger partial charge >= 0.3 is 0 Å². The van der Waals surface area contributed by atoms with Crippen molar-refractivity contribution in [3.05, 3.63) is 58.8 Å². The minimum absolute atomic E-state index is 0.274. The third kappa shape index (κ3) is 3.95. The van der Waals surface area contributed by atoms with E-state index in [1.54, 1.807) is 10.8 Å². The lowest BCUT2D eigenvalue weighted by molar-refractivity contribution is 0.351. The van der Waals surface area contributed by atoms with Crippen molar-refractivity contribution >= 4 is 22.7 Å². The van der Waals surface area contributed by atoms with Gasteiger partial charge in [0, 0.05) is 37.9 Å². The molecular formula is C22H24FN5O. The number of benzene rings is 1. The zero-order chi connectivity index (χ0) is 19.8. The highest BCUT2D eigenvalue weighted by atomic mass is 19.1. The van der Waals surface area contributed by atoms with Crippen LogP contribution in [0, 0.1) is 11.7 Å². The van der Waals surface area contributed by atoms with Crippen molar-refractivity contribution in [2.24, 2.45) is 5.92 Å². The molecule has 150 valence electrons. The molecule has 2 aromatic heterocycles. The second-order valence-electron chi connectivity index (χ2n) is 8.07. The first kappa shape index (κ1) is 18.1. The molecule has 29 heavy (non-hydrogen) atoms. The molecule has 1 saturated heterocycles. The zero-order valence-electron chi connectivity index (χ0n) is 16.2. The topological polar surface area (TPSA) is 63.1 Å². The number of anilines is 2. The van der Waals surface area contributed by atoms with Gasteiger partial charge in [0.1, 0.15) is 5.82 Å². The van der Waals surface area contributed by atoms with E-state index >= 15 is 0 Å². The smallest absolute Gasteiger partial charge is 0.253 e. The van der Waals surface area contributed by atoms with Crippen LogP contribution in [-0.4, -0.2) is 33.7 Å². The Hall–Kier alpha value is -2.96. The number of nitrogens with one attached hydrogen (secondary N) is 1. The second-order valence-corrected chi connectivity index (χ2v) is 8.07. The van der Waals surface area contributed by atoms with Gasteiger partial charge in [-0.3, -0.25) is 4.79 Å². The summed E-state index contributed by atoms with van der Waals surface area (Å²) >= 11 is 0. The van der Waals surface area contributed by atoms with Crippen molar-refractivity contribution in [2.45, 2.75) is 38.3 Å². The lowest BCUT2D eigenvalue weighted by Gasteiger charge is -2.34. The third-order valence-corrected chi connectivity index (χ3v) is 5.80. The molecule has 3 aromatic rings. The molecule has 0 unspecified atom stereocenters. The Balaban J connectivity index is 1.33. The van der Waals surface area contributed by atoms with E-state index in [1.165, 1.54) is 18.9 Å². The Morgan fingerprint density at radius 3 is 2.45 bits per heavy atom. The normalized spacial score (nSPS) is 17.6. The van der Waals surface area contributed by atoms with Gasteiger partial charge in [0.05, 0.1) is 11.0 Å². The fourth-order valence-corrected chi connectivity index (χ4v) is 3.97. The Labute approximate surface area is 168 Å². The molecule has 0 amide bonds. The van der Waals surface area contributed by atoms with Crippen LogP contribution in [0.15, 0.2) is 47.4 Å². The summed E-state index contributed by atoms with van der Waals surface area (Å²) in [6.45, 7) is 2.36. The van der Waals surface area contributed by atoms with Crippen LogP contribution in [0.25, 0.3) is 11.0 Å². The molecule has 0 bridgehead atoms. The van der Waals surface area contributed by atoms with Gasteiger partial charge in [-0.25, -0.2) is 14.4 Å². The zero-order valence-corrected chi connectivity index (χ0v) is 16.2. The molecule has 0 radical (unpaired) electrons. The summed E-state index contributed by atoms with van der Waals surface area (Å²) < 4.78 is 14.8. The summed E-state index contributed by atoms with van der Waals surface area (Å²) in [5.74, 6) is 1.71. The molecule has 1 N–H and O–H groups in total. The number of hydrogen-bond acceptors (Lipinski definition) is 5. The van der Waals surface area contributed by atoms with Crippen LogP contribution in [0.1, 0.15) is 25.7 Å². The molecule has 1 saturated carbocycles. The summed E-state index contributed by atoms with van der Waals surface area (Å²) in [6.07, 6.45) is 5.84. The van der Waals surface area contributed by atoms with Crippen LogP contribution < -0.4 is 15.8 Å². The monoisotopic (exact) mass is 393 g/mol. The Morgan fingerprint density at radius 1 is 1.03 bits per heavy atom. The van der Waals surface area contributed by atoms with E-state index in [2.05, 4.69) is 10.2 Å². The van der Waals surface area contributed by atoms with Crippen molar-refractivity contribution in [3.8, 4) is 0 Å². The Kier molecular flexibility index (Phi) is 4.66. The first-order valence-electron chi connectivity index (χ1n) is 10.3. The van der Waals surface area contributed by atoms with Gasteiger partial charge in [-0.05, 0) is 49.8 Å². The van der Waals surface area contributed by atoms with Crippen molar-refractivity contribution in [3.63, 3.8) is 0 Å². The van der Waals surface area contributed by atoms with Gasteiger partial charge < -0.3 is 14.8 Å². The van der Waals surface area contributed by atoms with Crippen molar-refractivity contribution in [1.29, 1.82) is 0 Å². The average molecular weight is 393 g/mol. The Morgan fingerprint density at radius 2 is 1.76 bits per heavy atom. The quantitative estimate of drug-likeness (QED) is 0.720. The molecule has 2 fully saturated rings. The van der Waals surface area contributed by atoms with Crippen LogP contribution in [0.2, 0.25) is 0 Å². The number of nitrogens with zero attached hydrogens (tertiary/aromatic N) is 4. The first-order chi connectivity index (χ1) is 14.2. The molecule has 1 aliphatic carbocycles. The summed E-state index contributed by atoms with van der Waals surface area (Å²) in [6, 6.07) is 10.9. The highest BCUT2D eigenvalue weighted by Gasteiger charge is 2.27. The maximum Gasteiger partial charge on any atom is 0.253 e. The van der Waals surface area contributed by atoms with Crippen molar-refractivity contribution in [2.75, 3.05) is 23.3 Å². The molecule has 6 nitrogen and oxygen atoms in total. The predicted molar refractivity (Wildman–Crippen MR) is 112 cm³/mol. The lowest BCUT2D eigenvalue weighted by Crippen LogP contribution is -2.37. The minimum Gasteiger partial charge on any atom is -0.364 e. The highest BCUT2D eigenvalue weighted by molar-refractivity contribution is 5.80. The number of halogens is 1. The number of fused-ring (bicyclic) bond motifs is 1. The molecule has 1 aromatic carbocycles. The fraction of sp³-hybridized carbons (Fsp3) is 0.409. The van der Waals surface area contributed by atoms with E-state index in [4.69, 9.17) is 9.97 Å². The highest BCUT2D eigenvalue weighted by Crippen LogP contribution is 2.32. The number of rotatable bonds is 5. The molecule has 5 rings (SSSR count). The summed E-state index contributed by atoms with van der Waals surface area (Å²) in [7, 11) is 0. The van der Waals surface area contributed by atoms with E-state index in [1.807, 2.05) is 24.3 Å². The van der Waals surface area contributed by atoms with Gasteiger partial charge in [0.15, 0.2) is 11.6 Å². The maximum atomic E-state index is 13.2. The molecular weight excluding hydrogens is 369 g/mol. The number of aromatic nitrogens is 3. The maximum absolute atomic E-state index is 13.2. The van der Waals surface area contributed by atoms with E-state index in [9.17, 15) is 9.18 Å². The van der Waals surface area contributed by atoms with Gasteiger partial charge in [-0.15, -0.1) is 0 Å². The van der Waals surface area contributed by atoms with E-state index in [0.717, 1.165) is 54.7 Å². The largest absolute Gasteiger partial charge is 0.364 e. The lowest BCUT2D eigenvalue weighted by atomic mass is 9.96. The minimum atomic E-state index is -0.480. The van der Waals surface area contributed by atoms with E-state index in [-0.39, 0.29) is 5.56 Å². The van der Waals surface area contributed by atoms with E-state index in [0.29, 0.717) is 18.5 Å². The molecule has 3 heterocycles. The van der Waals surface area contributed by atoms with Crippen molar-refractivity contribution in [1.82, 2.24) is 14.5 Å². The number of para-hydroxylation sites is 2. The summed E-state index contributed by atoms with van der Waals surface area (Å²) in [5, 5.41) is 3.54. The molecule has 0 spiro atoms. The molecule has 1 aliphatic heterocycles. The number of piperidine rings is 1. The van der Waals surface area contributed by atoms with Crippen molar-refractivity contribution < 1.29 is 4.39 Å².